The average molecular weight is 326 g/mol. The lowest BCUT2D eigenvalue weighted by Crippen LogP contribution is -2.24. The molecule has 0 aliphatic rings. The van der Waals surface area contributed by atoms with E-state index >= 15 is 0 Å². The highest BCUT2D eigenvalue weighted by molar-refractivity contribution is 9.10. The van der Waals surface area contributed by atoms with Gasteiger partial charge in [-0.25, -0.2) is 9.37 Å². The average Bonchev–Trinajstić information content (AvgIpc) is 2.57. The Morgan fingerprint density at radius 2 is 1.95 bits per heavy atom. The van der Waals surface area contributed by atoms with E-state index < -0.39 is 0 Å². The van der Waals surface area contributed by atoms with Crippen LogP contribution in [0.3, 0.4) is 0 Å². The Labute approximate surface area is 120 Å². The number of imidazole rings is 1. The number of aromatic nitrogens is 2. The number of halogens is 2. The Kier molecular flexibility index (Phi) is 3.43. The van der Waals surface area contributed by atoms with Crippen LogP contribution in [0.15, 0.2) is 22.7 Å². The lowest BCUT2D eigenvalue weighted by Gasteiger charge is -2.24. The lowest BCUT2D eigenvalue weighted by molar-refractivity contribution is 0.393. The van der Waals surface area contributed by atoms with E-state index in [-0.39, 0.29) is 11.4 Å². The molecular formula is C14H17BrFN3. The van der Waals surface area contributed by atoms with Crippen LogP contribution in [-0.2, 0) is 5.54 Å². The molecule has 2 aromatic rings. The molecule has 3 nitrogen and oxygen atoms in total. The molecule has 1 aromatic carbocycles. The smallest absolute Gasteiger partial charge is 0.132 e. The first-order valence-electron chi connectivity index (χ1n) is 6.02. The standard InChI is InChI=1S/C14H17BrFN3/c1-8-18-12(13(17)19(8)14(2,3)4)10-7-9(16)5-6-11(10)15/h5-7H,17H2,1-4H3. The summed E-state index contributed by atoms with van der Waals surface area (Å²) in [5, 5.41) is 0. The van der Waals surface area contributed by atoms with Gasteiger partial charge in [0.15, 0.2) is 0 Å². The zero-order chi connectivity index (χ0) is 14.4. The fourth-order valence-electron chi connectivity index (χ4n) is 2.27. The Balaban J connectivity index is 2.68. The molecule has 0 radical (unpaired) electrons. The number of anilines is 1. The number of nitrogens with two attached hydrogens (primary N) is 1. The summed E-state index contributed by atoms with van der Waals surface area (Å²) < 4.78 is 16.1. The number of benzene rings is 1. The molecule has 0 saturated heterocycles. The van der Waals surface area contributed by atoms with E-state index in [1.807, 2.05) is 11.5 Å². The third-order valence-electron chi connectivity index (χ3n) is 2.94. The monoisotopic (exact) mass is 325 g/mol. The fourth-order valence-corrected chi connectivity index (χ4v) is 2.71. The predicted octanol–water partition coefficient (Wildman–Crippen LogP) is 4.10. The Hall–Kier alpha value is -1.36. The van der Waals surface area contributed by atoms with Gasteiger partial charge in [-0.2, -0.15) is 0 Å². The minimum Gasteiger partial charge on any atom is -0.383 e. The highest BCUT2D eigenvalue weighted by Crippen LogP contribution is 2.35. The van der Waals surface area contributed by atoms with Crippen molar-refractivity contribution in [1.82, 2.24) is 9.55 Å². The molecular weight excluding hydrogens is 309 g/mol. The molecule has 0 unspecified atom stereocenters. The first-order chi connectivity index (χ1) is 8.71. The third kappa shape index (κ3) is 2.52. The van der Waals surface area contributed by atoms with Crippen LogP contribution in [0.25, 0.3) is 11.3 Å². The SMILES string of the molecule is Cc1nc(-c2cc(F)ccc2Br)c(N)n1C(C)(C)C. The van der Waals surface area contributed by atoms with E-state index in [4.69, 9.17) is 5.73 Å². The van der Waals surface area contributed by atoms with Crippen LogP contribution in [0, 0.1) is 12.7 Å². The van der Waals surface area contributed by atoms with Crippen LogP contribution in [0.1, 0.15) is 26.6 Å². The van der Waals surface area contributed by atoms with Gasteiger partial charge in [-0.1, -0.05) is 15.9 Å². The van der Waals surface area contributed by atoms with E-state index in [1.54, 1.807) is 6.07 Å². The van der Waals surface area contributed by atoms with Gasteiger partial charge in [0.05, 0.1) is 0 Å². The predicted molar refractivity (Wildman–Crippen MR) is 79.5 cm³/mol. The summed E-state index contributed by atoms with van der Waals surface area (Å²) in [5.41, 5.74) is 7.31. The van der Waals surface area contributed by atoms with Crippen molar-refractivity contribution in [1.29, 1.82) is 0 Å². The van der Waals surface area contributed by atoms with Crippen molar-refractivity contribution in [2.45, 2.75) is 33.2 Å². The molecule has 2 rings (SSSR count). The van der Waals surface area contributed by atoms with Gasteiger partial charge in [0, 0.05) is 15.6 Å². The maximum atomic E-state index is 13.4. The number of hydrogen-bond acceptors (Lipinski definition) is 2. The van der Waals surface area contributed by atoms with Gasteiger partial charge >= 0.3 is 0 Å². The first-order valence-corrected chi connectivity index (χ1v) is 6.82. The Morgan fingerprint density at radius 3 is 2.47 bits per heavy atom. The van der Waals surface area contributed by atoms with Gasteiger partial charge in [0.1, 0.15) is 23.2 Å². The van der Waals surface area contributed by atoms with Crippen LogP contribution >= 0.6 is 15.9 Å². The first kappa shape index (κ1) is 14.1. The van der Waals surface area contributed by atoms with E-state index in [2.05, 4.69) is 41.7 Å². The van der Waals surface area contributed by atoms with Gasteiger partial charge in [0.2, 0.25) is 0 Å². The Bertz CT molecular complexity index is 626. The summed E-state index contributed by atoms with van der Waals surface area (Å²) >= 11 is 3.41. The van der Waals surface area contributed by atoms with E-state index in [1.165, 1.54) is 12.1 Å². The molecule has 0 bridgehead atoms. The molecule has 0 aliphatic carbocycles. The maximum Gasteiger partial charge on any atom is 0.132 e. The second-order valence-corrected chi connectivity index (χ2v) is 6.38. The fraction of sp³-hybridized carbons (Fsp3) is 0.357. The van der Waals surface area contributed by atoms with Crippen molar-refractivity contribution < 1.29 is 4.39 Å². The quantitative estimate of drug-likeness (QED) is 0.857. The Morgan fingerprint density at radius 1 is 1.32 bits per heavy atom. The van der Waals surface area contributed by atoms with Crippen molar-refractivity contribution >= 4 is 21.7 Å². The molecule has 0 fully saturated rings. The summed E-state index contributed by atoms with van der Waals surface area (Å²) in [4.78, 5) is 4.49. The molecule has 2 N–H and O–H groups in total. The molecule has 5 heteroatoms. The zero-order valence-corrected chi connectivity index (χ0v) is 13.0. The number of nitrogens with zero attached hydrogens (tertiary/aromatic N) is 2. The van der Waals surface area contributed by atoms with Gasteiger partial charge in [0.25, 0.3) is 0 Å². The second kappa shape index (κ2) is 4.63. The van der Waals surface area contributed by atoms with Gasteiger partial charge < -0.3 is 10.3 Å². The highest BCUT2D eigenvalue weighted by Gasteiger charge is 2.23. The number of aryl methyl sites for hydroxylation is 1. The molecule has 0 saturated carbocycles. The largest absolute Gasteiger partial charge is 0.383 e. The summed E-state index contributed by atoms with van der Waals surface area (Å²) in [6, 6.07) is 4.50. The molecule has 19 heavy (non-hydrogen) atoms. The zero-order valence-electron chi connectivity index (χ0n) is 11.5. The second-order valence-electron chi connectivity index (χ2n) is 5.52. The highest BCUT2D eigenvalue weighted by atomic mass is 79.9. The lowest BCUT2D eigenvalue weighted by atomic mass is 10.1. The number of hydrogen-bond donors (Lipinski definition) is 1. The number of rotatable bonds is 1. The van der Waals surface area contributed by atoms with E-state index in [0.29, 0.717) is 17.1 Å². The molecule has 1 aromatic heterocycles. The topological polar surface area (TPSA) is 43.8 Å². The summed E-state index contributed by atoms with van der Waals surface area (Å²) in [7, 11) is 0. The molecule has 0 spiro atoms. The summed E-state index contributed by atoms with van der Waals surface area (Å²) in [6.07, 6.45) is 0. The van der Waals surface area contributed by atoms with Crippen LogP contribution in [0.2, 0.25) is 0 Å². The van der Waals surface area contributed by atoms with Crippen molar-refractivity contribution in [2.75, 3.05) is 5.73 Å². The molecule has 102 valence electrons. The summed E-state index contributed by atoms with van der Waals surface area (Å²) in [6.45, 7) is 8.08. The van der Waals surface area contributed by atoms with Crippen molar-refractivity contribution in [3.8, 4) is 11.3 Å². The van der Waals surface area contributed by atoms with Crippen LogP contribution in [0.4, 0.5) is 10.2 Å². The minimum atomic E-state index is -0.305. The van der Waals surface area contributed by atoms with Crippen molar-refractivity contribution in [3.63, 3.8) is 0 Å². The van der Waals surface area contributed by atoms with Crippen molar-refractivity contribution in [3.05, 3.63) is 34.3 Å². The van der Waals surface area contributed by atoms with Crippen LogP contribution < -0.4 is 5.73 Å². The van der Waals surface area contributed by atoms with Gasteiger partial charge in [-0.15, -0.1) is 0 Å². The third-order valence-corrected chi connectivity index (χ3v) is 3.63. The molecule has 0 amide bonds. The summed E-state index contributed by atoms with van der Waals surface area (Å²) in [5.74, 6) is 1.06. The maximum absolute atomic E-state index is 13.4. The van der Waals surface area contributed by atoms with Gasteiger partial charge in [-0.3, -0.25) is 0 Å². The van der Waals surface area contributed by atoms with Crippen LogP contribution in [0.5, 0.6) is 0 Å². The van der Waals surface area contributed by atoms with E-state index in [0.717, 1.165) is 10.3 Å². The van der Waals surface area contributed by atoms with Crippen LogP contribution in [-0.4, -0.2) is 9.55 Å². The molecule has 1 heterocycles. The molecule has 0 atom stereocenters. The number of nitrogen functional groups attached to an aromatic ring is 1. The minimum absolute atomic E-state index is 0.167. The normalized spacial score (nSPS) is 11.9. The van der Waals surface area contributed by atoms with Gasteiger partial charge in [-0.05, 0) is 45.9 Å². The van der Waals surface area contributed by atoms with Crippen molar-refractivity contribution in [2.24, 2.45) is 0 Å². The van der Waals surface area contributed by atoms with E-state index in [9.17, 15) is 4.39 Å². The molecule has 0 aliphatic heterocycles.